The van der Waals surface area contributed by atoms with Crippen LogP contribution in [0.2, 0.25) is 0 Å². The third-order valence-corrected chi connectivity index (χ3v) is 1.46. The maximum absolute atomic E-state index is 10.5. The van der Waals surface area contributed by atoms with E-state index in [2.05, 4.69) is 0 Å². The van der Waals surface area contributed by atoms with Crippen LogP contribution in [0.25, 0.3) is 0 Å². The maximum Gasteiger partial charge on any atom is 0.336 e. The lowest BCUT2D eigenvalue weighted by molar-refractivity contribution is 0.0651. The van der Waals surface area contributed by atoms with Crippen LogP contribution < -0.4 is 0 Å². The molecular weight excluding hydrogens is 200 g/mol. The highest BCUT2D eigenvalue weighted by molar-refractivity contribution is 6.01. The summed E-state index contributed by atoms with van der Waals surface area (Å²) < 4.78 is 0. The minimum Gasteiger partial charge on any atom is -0.508 e. The molecule has 5 heteroatoms. The molecule has 0 atom stereocenters. The van der Waals surface area contributed by atoms with Gasteiger partial charge in [0.25, 0.3) is 0 Å². The number of carbonyl (C=O) groups is 2. The molecule has 82 valence electrons. The van der Waals surface area contributed by atoms with E-state index in [1.807, 2.05) is 13.8 Å². The van der Waals surface area contributed by atoms with Crippen molar-refractivity contribution in [2.45, 2.75) is 13.8 Å². The first-order valence-electron chi connectivity index (χ1n) is 4.32. The zero-order valence-corrected chi connectivity index (χ0v) is 8.39. The predicted molar refractivity (Wildman–Crippen MR) is 53.4 cm³/mol. The third kappa shape index (κ3) is 3.30. The van der Waals surface area contributed by atoms with E-state index in [-0.39, 0.29) is 11.3 Å². The number of hydrogen-bond donors (Lipinski definition) is 3. The van der Waals surface area contributed by atoms with Crippen molar-refractivity contribution >= 4 is 11.9 Å². The minimum absolute atomic E-state index is 0.276. The van der Waals surface area contributed by atoms with Gasteiger partial charge in [-0.3, -0.25) is 0 Å². The molecule has 1 rings (SSSR count). The summed E-state index contributed by atoms with van der Waals surface area (Å²) in [5.41, 5.74) is -0.766. The van der Waals surface area contributed by atoms with Crippen molar-refractivity contribution in [1.29, 1.82) is 0 Å². The molecule has 0 aromatic heterocycles. The molecule has 0 radical (unpaired) electrons. The summed E-state index contributed by atoms with van der Waals surface area (Å²) in [6, 6.07) is 3.06. The average molecular weight is 212 g/mol. The molecule has 0 saturated heterocycles. The number of rotatable bonds is 2. The Kier molecular flexibility index (Phi) is 4.87. The van der Waals surface area contributed by atoms with Gasteiger partial charge in [0.1, 0.15) is 5.75 Å². The van der Waals surface area contributed by atoms with Crippen LogP contribution in [0.5, 0.6) is 5.75 Å². The highest BCUT2D eigenvalue weighted by Gasteiger charge is 2.15. The van der Waals surface area contributed by atoms with Crippen molar-refractivity contribution < 1.29 is 24.9 Å². The van der Waals surface area contributed by atoms with Crippen LogP contribution in [0.4, 0.5) is 0 Å². The lowest BCUT2D eigenvalue weighted by Gasteiger charge is -2.00. The first-order valence-corrected chi connectivity index (χ1v) is 4.32. The summed E-state index contributed by atoms with van der Waals surface area (Å²) in [6.45, 7) is 4.00. The van der Waals surface area contributed by atoms with Gasteiger partial charge in [-0.25, -0.2) is 9.59 Å². The summed E-state index contributed by atoms with van der Waals surface area (Å²) in [5.74, 6) is -2.99. The maximum atomic E-state index is 10.5. The van der Waals surface area contributed by atoms with Crippen molar-refractivity contribution in [2.24, 2.45) is 0 Å². The SMILES string of the molecule is CC.O=C(O)c1ccc(O)cc1C(=O)O. The van der Waals surface area contributed by atoms with Crippen LogP contribution in [-0.4, -0.2) is 27.3 Å². The number of benzene rings is 1. The fraction of sp³-hybridized carbons (Fsp3) is 0.200. The molecule has 15 heavy (non-hydrogen) atoms. The number of aromatic hydroxyl groups is 1. The first kappa shape index (κ1) is 13.0. The molecule has 0 amide bonds. The number of carboxylic acids is 2. The van der Waals surface area contributed by atoms with Gasteiger partial charge in [-0.1, -0.05) is 13.8 Å². The molecule has 0 fully saturated rings. The molecule has 1 aromatic carbocycles. The number of hydrogen-bond acceptors (Lipinski definition) is 3. The molecule has 0 bridgehead atoms. The van der Waals surface area contributed by atoms with E-state index >= 15 is 0 Å². The molecular formula is C10H12O5. The molecule has 1 aromatic rings. The average Bonchev–Trinajstić information content (AvgIpc) is 2.20. The smallest absolute Gasteiger partial charge is 0.336 e. The van der Waals surface area contributed by atoms with Crippen LogP contribution in [0.3, 0.4) is 0 Å². The van der Waals surface area contributed by atoms with E-state index in [1.54, 1.807) is 0 Å². The summed E-state index contributed by atoms with van der Waals surface area (Å²) >= 11 is 0. The van der Waals surface area contributed by atoms with Crippen molar-refractivity contribution in [3.05, 3.63) is 29.3 Å². The molecule has 5 nitrogen and oxygen atoms in total. The zero-order chi connectivity index (χ0) is 12.0. The fourth-order valence-electron chi connectivity index (χ4n) is 0.896. The molecule has 0 spiro atoms. The van der Waals surface area contributed by atoms with Gasteiger partial charge >= 0.3 is 11.9 Å². The number of aromatic carboxylic acids is 2. The molecule has 3 N–H and O–H groups in total. The molecule has 0 saturated carbocycles. The third-order valence-electron chi connectivity index (χ3n) is 1.46. The van der Waals surface area contributed by atoms with Crippen molar-refractivity contribution in [3.8, 4) is 5.75 Å². The molecule has 0 unspecified atom stereocenters. The fourth-order valence-corrected chi connectivity index (χ4v) is 0.896. The standard InChI is InChI=1S/C8H6O5.C2H6/c9-4-1-2-5(7(10)11)6(3-4)8(12)13;1-2/h1-3,9H,(H,10,11)(H,12,13);1-2H3. The second-order valence-electron chi connectivity index (χ2n) is 2.34. The first-order chi connectivity index (χ1) is 7.02. The Labute approximate surface area is 86.6 Å². The minimum atomic E-state index is -1.38. The van der Waals surface area contributed by atoms with E-state index in [0.717, 1.165) is 18.2 Å². The van der Waals surface area contributed by atoms with Crippen LogP contribution in [0.15, 0.2) is 18.2 Å². The molecule has 0 heterocycles. The van der Waals surface area contributed by atoms with Gasteiger partial charge < -0.3 is 15.3 Å². The Bertz CT molecular complexity index is 370. The number of phenols is 1. The normalized spacial score (nSPS) is 8.67. The molecule has 0 aliphatic rings. The Morgan fingerprint density at radius 2 is 1.47 bits per heavy atom. The second-order valence-corrected chi connectivity index (χ2v) is 2.34. The Balaban J connectivity index is 0.000000921. The monoisotopic (exact) mass is 212 g/mol. The predicted octanol–water partition coefficient (Wildman–Crippen LogP) is 1.81. The van der Waals surface area contributed by atoms with Crippen LogP contribution in [0, 0.1) is 0 Å². The molecule has 0 aliphatic carbocycles. The number of carboxylic acid groups (broad SMARTS) is 2. The summed E-state index contributed by atoms with van der Waals surface area (Å²) in [5, 5.41) is 26.0. The Hall–Kier alpha value is -2.04. The lowest BCUT2D eigenvalue weighted by atomic mass is 10.1. The van der Waals surface area contributed by atoms with Gasteiger partial charge in [0.05, 0.1) is 11.1 Å². The van der Waals surface area contributed by atoms with Crippen molar-refractivity contribution in [1.82, 2.24) is 0 Å². The van der Waals surface area contributed by atoms with Gasteiger partial charge in [-0.05, 0) is 18.2 Å². The second kappa shape index (κ2) is 5.64. The van der Waals surface area contributed by atoms with Gasteiger partial charge in [-0.15, -0.1) is 0 Å². The van der Waals surface area contributed by atoms with E-state index in [0.29, 0.717) is 0 Å². The highest BCUT2D eigenvalue weighted by atomic mass is 16.4. The van der Waals surface area contributed by atoms with E-state index < -0.39 is 17.5 Å². The lowest BCUT2D eigenvalue weighted by Crippen LogP contribution is -2.07. The molecule has 0 aliphatic heterocycles. The van der Waals surface area contributed by atoms with Crippen LogP contribution >= 0.6 is 0 Å². The van der Waals surface area contributed by atoms with Crippen molar-refractivity contribution in [3.63, 3.8) is 0 Å². The van der Waals surface area contributed by atoms with Crippen LogP contribution in [-0.2, 0) is 0 Å². The van der Waals surface area contributed by atoms with Crippen LogP contribution in [0.1, 0.15) is 34.6 Å². The highest BCUT2D eigenvalue weighted by Crippen LogP contribution is 2.16. The van der Waals surface area contributed by atoms with Gasteiger partial charge in [0, 0.05) is 0 Å². The van der Waals surface area contributed by atoms with E-state index in [9.17, 15) is 9.59 Å². The van der Waals surface area contributed by atoms with Gasteiger partial charge in [0.15, 0.2) is 0 Å². The summed E-state index contributed by atoms with van der Waals surface area (Å²) in [6.07, 6.45) is 0. The zero-order valence-electron chi connectivity index (χ0n) is 8.39. The van der Waals surface area contributed by atoms with Gasteiger partial charge in [-0.2, -0.15) is 0 Å². The van der Waals surface area contributed by atoms with Crippen molar-refractivity contribution in [2.75, 3.05) is 0 Å². The number of phenolic OH excluding ortho intramolecular Hbond substituents is 1. The topological polar surface area (TPSA) is 94.8 Å². The quantitative estimate of drug-likeness (QED) is 0.694. The largest absolute Gasteiger partial charge is 0.508 e. The van der Waals surface area contributed by atoms with E-state index in [4.69, 9.17) is 15.3 Å². The Morgan fingerprint density at radius 1 is 1.00 bits per heavy atom. The van der Waals surface area contributed by atoms with Gasteiger partial charge in [0.2, 0.25) is 0 Å². The Morgan fingerprint density at radius 3 is 1.87 bits per heavy atom. The summed E-state index contributed by atoms with van der Waals surface area (Å²) in [7, 11) is 0. The summed E-state index contributed by atoms with van der Waals surface area (Å²) in [4.78, 5) is 21.0. The van der Waals surface area contributed by atoms with E-state index in [1.165, 1.54) is 0 Å².